The van der Waals surface area contributed by atoms with Crippen molar-refractivity contribution in [3.05, 3.63) is 34.3 Å². The maximum Gasteiger partial charge on any atom is 0.326 e. The average Bonchev–Trinajstić information content (AvgIpc) is 2.98. The van der Waals surface area contributed by atoms with Crippen LogP contribution in [0.25, 0.3) is 0 Å². The summed E-state index contributed by atoms with van der Waals surface area (Å²) < 4.78 is 5.55. The zero-order valence-corrected chi connectivity index (χ0v) is 14.5. The van der Waals surface area contributed by atoms with Crippen molar-refractivity contribution in [1.82, 2.24) is 15.5 Å². The van der Waals surface area contributed by atoms with Gasteiger partial charge in [-0.1, -0.05) is 12.1 Å². The molecule has 9 heteroatoms. The number of rotatable bonds is 5. The summed E-state index contributed by atoms with van der Waals surface area (Å²) in [4.78, 5) is 48.1. The van der Waals surface area contributed by atoms with Gasteiger partial charge in [0.25, 0.3) is 11.8 Å². The fourth-order valence-electron chi connectivity index (χ4n) is 2.08. The Morgan fingerprint density at radius 2 is 2.08 bits per heavy atom. The van der Waals surface area contributed by atoms with E-state index in [0.717, 1.165) is 4.90 Å². The molecule has 1 aromatic rings. The second-order valence-corrected chi connectivity index (χ2v) is 5.87. The van der Waals surface area contributed by atoms with Gasteiger partial charge in [0, 0.05) is 17.6 Å². The van der Waals surface area contributed by atoms with Gasteiger partial charge in [-0.3, -0.25) is 19.3 Å². The topological polar surface area (TPSA) is 105 Å². The maximum absolute atomic E-state index is 12.0. The van der Waals surface area contributed by atoms with Crippen LogP contribution in [0.3, 0.4) is 0 Å². The minimum absolute atomic E-state index is 0.234. The van der Waals surface area contributed by atoms with Gasteiger partial charge >= 0.3 is 12.0 Å². The van der Waals surface area contributed by atoms with Gasteiger partial charge in [0.1, 0.15) is 6.54 Å². The first-order valence-electron chi connectivity index (χ1n) is 7.21. The number of nitrogens with one attached hydrogen (secondary N) is 2. The Kier molecular flexibility index (Phi) is 5.91. The summed E-state index contributed by atoms with van der Waals surface area (Å²) in [5.74, 6) is -1.82. The maximum atomic E-state index is 12.0. The van der Waals surface area contributed by atoms with E-state index in [9.17, 15) is 19.2 Å². The summed E-state index contributed by atoms with van der Waals surface area (Å²) >= 11 is 3.24. The molecule has 128 valence electrons. The number of urea groups is 1. The zero-order valence-electron chi connectivity index (χ0n) is 12.9. The van der Waals surface area contributed by atoms with Crippen molar-refractivity contribution in [3.63, 3.8) is 0 Å². The zero-order chi connectivity index (χ0) is 17.7. The first kappa shape index (κ1) is 17.9. The third kappa shape index (κ3) is 4.31. The molecule has 2 N–H and O–H groups in total. The van der Waals surface area contributed by atoms with E-state index in [1.54, 1.807) is 24.3 Å². The number of esters is 1. The summed E-state index contributed by atoms with van der Waals surface area (Å²) in [5.41, 5.74) is 0.378. The van der Waals surface area contributed by atoms with Crippen molar-refractivity contribution in [3.8, 4) is 0 Å². The van der Waals surface area contributed by atoms with Crippen LogP contribution in [0.5, 0.6) is 0 Å². The largest absolute Gasteiger partial charge is 0.451 e. The molecule has 1 fully saturated rings. The quantitative estimate of drug-likeness (QED) is 0.710. The summed E-state index contributed by atoms with van der Waals surface area (Å²) in [7, 11) is 0. The number of imide groups is 1. The molecular formula is C15H16BrN3O5. The number of ether oxygens (including phenoxy) is 1. The minimum Gasteiger partial charge on any atom is -0.451 e. The van der Waals surface area contributed by atoms with Crippen LogP contribution in [0.2, 0.25) is 0 Å². The molecule has 1 aliphatic heterocycles. The average molecular weight is 398 g/mol. The molecule has 0 bridgehead atoms. The fraction of sp³-hybridized carbons (Fsp3) is 0.333. The molecule has 1 saturated heterocycles. The third-order valence-corrected chi connectivity index (χ3v) is 3.98. The molecule has 1 atom stereocenters. The summed E-state index contributed by atoms with van der Waals surface area (Å²) in [6, 6.07) is 6.25. The lowest BCUT2D eigenvalue weighted by molar-refractivity contribution is -0.156. The van der Waals surface area contributed by atoms with Gasteiger partial charge in [0.15, 0.2) is 6.10 Å². The Hall–Kier alpha value is -2.42. The van der Waals surface area contributed by atoms with Gasteiger partial charge in [0.05, 0.1) is 5.56 Å². The highest BCUT2D eigenvalue weighted by molar-refractivity contribution is 9.10. The molecule has 0 radical (unpaired) electrons. The molecule has 4 amide bonds. The van der Waals surface area contributed by atoms with Crippen LogP contribution in [-0.4, -0.2) is 54.5 Å². The summed E-state index contributed by atoms with van der Waals surface area (Å²) in [6.45, 7) is 1.59. The van der Waals surface area contributed by atoms with Crippen molar-refractivity contribution in [2.24, 2.45) is 0 Å². The predicted molar refractivity (Wildman–Crippen MR) is 87.1 cm³/mol. The van der Waals surface area contributed by atoms with Crippen molar-refractivity contribution < 1.29 is 23.9 Å². The van der Waals surface area contributed by atoms with Gasteiger partial charge in [-0.25, -0.2) is 4.79 Å². The lowest BCUT2D eigenvalue weighted by atomic mass is 10.2. The number of amides is 4. The molecule has 1 aromatic carbocycles. The van der Waals surface area contributed by atoms with E-state index in [0.29, 0.717) is 16.6 Å². The Morgan fingerprint density at radius 3 is 2.71 bits per heavy atom. The smallest absolute Gasteiger partial charge is 0.326 e. The molecule has 0 unspecified atom stereocenters. The van der Waals surface area contributed by atoms with Crippen molar-refractivity contribution in [2.75, 3.05) is 19.6 Å². The molecule has 0 spiro atoms. The van der Waals surface area contributed by atoms with Crippen LogP contribution in [0.1, 0.15) is 17.3 Å². The lowest BCUT2D eigenvalue weighted by Gasteiger charge is -2.18. The molecule has 0 aliphatic carbocycles. The van der Waals surface area contributed by atoms with Crippen LogP contribution in [-0.2, 0) is 14.3 Å². The van der Waals surface area contributed by atoms with Crippen molar-refractivity contribution in [2.45, 2.75) is 13.0 Å². The van der Waals surface area contributed by atoms with E-state index in [1.165, 1.54) is 6.92 Å². The van der Waals surface area contributed by atoms with E-state index in [2.05, 4.69) is 26.6 Å². The van der Waals surface area contributed by atoms with Crippen molar-refractivity contribution in [1.29, 1.82) is 0 Å². The van der Waals surface area contributed by atoms with E-state index in [1.807, 2.05) is 0 Å². The molecule has 1 aliphatic rings. The fourth-order valence-corrected chi connectivity index (χ4v) is 2.55. The van der Waals surface area contributed by atoms with E-state index >= 15 is 0 Å². The Bertz CT molecular complexity index is 679. The van der Waals surface area contributed by atoms with E-state index < -0.39 is 29.9 Å². The monoisotopic (exact) mass is 397 g/mol. The lowest BCUT2D eigenvalue weighted by Crippen LogP contribution is -2.43. The molecule has 0 aromatic heterocycles. The van der Waals surface area contributed by atoms with Gasteiger partial charge in [-0.2, -0.15) is 0 Å². The van der Waals surface area contributed by atoms with Gasteiger partial charge < -0.3 is 15.4 Å². The highest BCUT2D eigenvalue weighted by Gasteiger charge is 2.31. The number of nitrogens with zero attached hydrogens (tertiary/aromatic N) is 1. The molecular weight excluding hydrogens is 382 g/mol. The first-order chi connectivity index (χ1) is 11.4. The van der Waals surface area contributed by atoms with Crippen LogP contribution < -0.4 is 10.6 Å². The third-order valence-electron chi connectivity index (χ3n) is 3.29. The molecule has 0 saturated carbocycles. The summed E-state index contributed by atoms with van der Waals surface area (Å²) in [5, 5.41) is 4.90. The number of carbonyl (C=O) groups is 4. The van der Waals surface area contributed by atoms with Crippen LogP contribution in [0.15, 0.2) is 28.7 Å². The van der Waals surface area contributed by atoms with E-state index in [-0.39, 0.29) is 13.1 Å². The standard InChI is InChI=1S/C15H16BrN3O5/c1-9(14(22)19-7-6-17-15(19)23)24-12(20)8-18-13(21)10-4-2-3-5-11(10)16/h2-5,9H,6-8H2,1H3,(H,17,23)(H,18,21)/t9-/m1/s1. The van der Waals surface area contributed by atoms with Gasteiger partial charge in [-0.15, -0.1) is 0 Å². The molecule has 1 heterocycles. The highest BCUT2D eigenvalue weighted by atomic mass is 79.9. The van der Waals surface area contributed by atoms with Crippen LogP contribution >= 0.6 is 15.9 Å². The molecule has 24 heavy (non-hydrogen) atoms. The predicted octanol–water partition coefficient (Wildman–Crippen LogP) is 0.662. The first-order valence-corrected chi connectivity index (χ1v) is 8.01. The van der Waals surface area contributed by atoms with Gasteiger partial charge in [0.2, 0.25) is 0 Å². The number of hydrogen-bond donors (Lipinski definition) is 2. The molecule has 8 nitrogen and oxygen atoms in total. The number of hydrogen-bond acceptors (Lipinski definition) is 5. The summed E-state index contributed by atoms with van der Waals surface area (Å²) in [6.07, 6.45) is -1.11. The SMILES string of the molecule is C[C@@H](OC(=O)CNC(=O)c1ccccc1Br)C(=O)N1CCNC1=O. The number of benzene rings is 1. The Morgan fingerprint density at radius 1 is 1.38 bits per heavy atom. The second kappa shape index (κ2) is 7.91. The second-order valence-electron chi connectivity index (χ2n) is 5.02. The Labute approximate surface area is 146 Å². The van der Waals surface area contributed by atoms with Crippen LogP contribution in [0.4, 0.5) is 4.79 Å². The minimum atomic E-state index is -1.11. The normalized spacial score (nSPS) is 14.8. The van der Waals surface area contributed by atoms with Crippen LogP contribution in [0, 0.1) is 0 Å². The Balaban J connectivity index is 1.82. The number of halogens is 1. The molecule has 2 rings (SSSR count). The number of carbonyl (C=O) groups excluding carboxylic acids is 4. The van der Waals surface area contributed by atoms with Crippen molar-refractivity contribution >= 4 is 39.7 Å². The van der Waals surface area contributed by atoms with Gasteiger partial charge in [-0.05, 0) is 35.0 Å². The van der Waals surface area contributed by atoms with E-state index in [4.69, 9.17) is 4.74 Å². The highest BCUT2D eigenvalue weighted by Crippen LogP contribution is 2.15.